The molecule has 2 rings (SSSR count). The largest absolute Gasteiger partial charge is 0.352 e. The summed E-state index contributed by atoms with van der Waals surface area (Å²) in [6.45, 7) is 6.35. The summed E-state index contributed by atoms with van der Waals surface area (Å²) >= 11 is 3.33. The molecule has 0 aliphatic carbocycles. The highest BCUT2D eigenvalue weighted by Gasteiger charge is 2.12. The van der Waals surface area contributed by atoms with Crippen molar-refractivity contribution in [2.45, 2.75) is 33.2 Å². The summed E-state index contributed by atoms with van der Waals surface area (Å²) in [6, 6.07) is 13.3. The Kier molecular flexibility index (Phi) is 6.76. The lowest BCUT2D eigenvalue weighted by Gasteiger charge is -2.17. The summed E-state index contributed by atoms with van der Waals surface area (Å²) in [5.41, 5.74) is 4.02. The number of hydrogen-bond donors (Lipinski definition) is 2. The van der Waals surface area contributed by atoms with Crippen LogP contribution in [0.2, 0.25) is 0 Å². The van der Waals surface area contributed by atoms with Crippen LogP contribution in [0.15, 0.2) is 46.9 Å². The van der Waals surface area contributed by atoms with E-state index in [2.05, 4.69) is 44.8 Å². The molecule has 5 heteroatoms. The highest BCUT2D eigenvalue weighted by atomic mass is 79.9. The minimum atomic E-state index is -0.178. The third-order valence-corrected chi connectivity index (χ3v) is 4.55. The van der Waals surface area contributed by atoms with Crippen molar-refractivity contribution in [1.29, 1.82) is 0 Å². The van der Waals surface area contributed by atoms with Gasteiger partial charge in [-0.05, 0) is 56.2 Å². The summed E-state index contributed by atoms with van der Waals surface area (Å²) in [4.78, 5) is 24.1. The molecule has 2 N–H and O–H groups in total. The summed E-state index contributed by atoms with van der Waals surface area (Å²) in [5, 5.41) is 5.76. The van der Waals surface area contributed by atoms with E-state index in [1.54, 1.807) is 12.1 Å². The Labute approximate surface area is 157 Å². The molecule has 0 fully saturated rings. The van der Waals surface area contributed by atoms with Crippen molar-refractivity contribution < 1.29 is 9.59 Å². The third-order valence-electron chi connectivity index (χ3n) is 4.02. The Morgan fingerprint density at radius 3 is 2.44 bits per heavy atom. The first-order chi connectivity index (χ1) is 11.9. The van der Waals surface area contributed by atoms with Crippen LogP contribution >= 0.6 is 15.9 Å². The number of nitrogens with one attached hydrogen (secondary N) is 2. The normalized spacial score (nSPS) is 11.7. The smallest absolute Gasteiger partial charge is 0.251 e. The molecule has 0 radical (unpaired) electrons. The van der Waals surface area contributed by atoms with Crippen molar-refractivity contribution in [2.75, 3.05) is 6.54 Å². The van der Waals surface area contributed by atoms with Crippen molar-refractivity contribution in [3.8, 4) is 0 Å². The molecule has 0 heterocycles. The molecule has 0 aliphatic heterocycles. The van der Waals surface area contributed by atoms with E-state index in [0.717, 1.165) is 15.6 Å². The molecule has 132 valence electrons. The number of aryl methyl sites for hydroxylation is 2. The number of carbonyl (C=O) groups is 2. The van der Waals surface area contributed by atoms with Crippen LogP contribution in [0.3, 0.4) is 0 Å². The van der Waals surface area contributed by atoms with E-state index >= 15 is 0 Å². The number of halogens is 1. The van der Waals surface area contributed by atoms with Crippen molar-refractivity contribution in [2.24, 2.45) is 0 Å². The van der Waals surface area contributed by atoms with Crippen LogP contribution in [0.5, 0.6) is 0 Å². The van der Waals surface area contributed by atoms with Crippen LogP contribution in [-0.2, 0) is 4.79 Å². The molecular formula is C20H23BrN2O2. The molecule has 1 atom stereocenters. The van der Waals surface area contributed by atoms with Gasteiger partial charge in [0, 0.05) is 23.0 Å². The van der Waals surface area contributed by atoms with Gasteiger partial charge in [-0.1, -0.05) is 39.7 Å². The van der Waals surface area contributed by atoms with E-state index in [-0.39, 0.29) is 24.3 Å². The molecular weight excluding hydrogens is 380 g/mol. The number of rotatable bonds is 6. The van der Waals surface area contributed by atoms with Gasteiger partial charge in [-0.3, -0.25) is 9.59 Å². The van der Waals surface area contributed by atoms with Gasteiger partial charge in [0.25, 0.3) is 5.91 Å². The number of benzene rings is 2. The zero-order valence-corrected chi connectivity index (χ0v) is 16.3. The minimum absolute atomic E-state index is 0.0606. The highest BCUT2D eigenvalue weighted by Crippen LogP contribution is 2.18. The second-order valence-electron chi connectivity index (χ2n) is 6.16. The Morgan fingerprint density at radius 1 is 1.08 bits per heavy atom. The number of amides is 2. The molecule has 0 saturated heterocycles. The van der Waals surface area contributed by atoms with E-state index < -0.39 is 0 Å². The number of hydrogen-bond acceptors (Lipinski definition) is 2. The zero-order chi connectivity index (χ0) is 18.4. The Bertz CT molecular complexity index is 757. The zero-order valence-electron chi connectivity index (χ0n) is 14.7. The van der Waals surface area contributed by atoms with Crippen molar-refractivity contribution >= 4 is 27.7 Å². The molecule has 4 nitrogen and oxygen atoms in total. The first kappa shape index (κ1) is 19.2. The third kappa shape index (κ3) is 5.71. The van der Waals surface area contributed by atoms with E-state index in [1.165, 1.54) is 5.56 Å². The average molecular weight is 403 g/mol. The lowest BCUT2D eigenvalue weighted by Crippen LogP contribution is -2.32. The first-order valence-corrected chi connectivity index (χ1v) is 9.06. The molecule has 2 amide bonds. The van der Waals surface area contributed by atoms with Gasteiger partial charge in [0.15, 0.2) is 0 Å². The molecule has 0 saturated carbocycles. The molecule has 0 spiro atoms. The maximum Gasteiger partial charge on any atom is 0.251 e. The van der Waals surface area contributed by atoms with Crippen LogP contribution in [0.25, 0.3) is 0 Å². The van der Waals surface area contributed by atoms with Gasteiger partial charge in [0.05, 0.1) is 6.04 Å². The van der Waals surface area contributed by atoms with Crippen molar-refractivity contribution in [3.63, 3.8) is 0 Å². The van der Waals surface area contributed by atoms with Crippen molar-refractivity contribution in [3.05, 3.63) is 69.2 Å². The lowest BCUT2D eigenvalue weighted by molar-refractivity contribution is -0.121. The fourth-order valence-corrected chi connectivity index (χ4v) is 2.88. The topological polar surface area (TPSA) is 58.2 Å². The van der Waals surface area contributed by atoms with Crippen LogP contribution < -0.4 is 10.6 Å². The Balaban J connectivity index is 1.81. The summed E-state index contributed by atoms with van der Waals surface area (Å²) < 4.78 is 0.920. The molecule has 25 heavy (non-hydrogen) atoms. The molecule has 0 aliphatic rings. The fourth-order valence-electron chi connectivity index (χ4n) is 2.61. The van der Waals surface area contributed by atoms with Crippen LogP contribution in [0.1, 0.15) is 46.4 Å². The van der Waals surface area contributed by atoms with E-state index in [9.17, 15) is 9.59 Å². The standard InChI is InChI=1S/C20H23BrN2O2/c1-13-4-5-14(2)18(12-13)15(3)23-19(24)10-11-22-20(25)16-6-8-17(21)9-7-16/h4-9,12,15H,10-11H2,1-3H3,(H,22,25)(H,23,24). The predicted octanol–water partition coefficient (Wildman–Crippen LogP) is 4.06. The lowest BCUT2D eigenvalue weighted by atomic mass is 10.00. The quantitative estimate of drug-likeness (QED) is 0.764. The maximum absolute atomic E-state index is 12.1. The summed E-state index contributed by atoms with van der Waals surface area (Å²) in [7, 11) is 0. The highest BCUT2D eigenvalue weighted by molar-refractivity contribution is 9.10. The second kappa shape index (κ2) is 8.81. The summed E-state index contributed by atoms with van der Waals surface area (Å²) in [5.74, 6) is -0.257. The average Bonchev–Trinajstić information content (AvgIpc) is 2.57. The van der Waals surface area contributed by atoms with Gasteiger partial charge in [0.1, 0.15) is 0 Å². The van der Waals surface area contributed by atoms with Gasteiger partial charge >= 0.3 is 0 Å². The van der Waals surface area contributed by atoms with E-state index in [4.69, 9.17) is 0 Å². The second-order valence-corrected chi connectivity index (χ2v) is 7.08. The fraction of sp³-hybridized carbons (Fsp3) is 0.300. The molecule has 2 aromatic rings. The summed E-state index contributed by atoms with van der Waals surface area (Å²) in [6.07, 6.45) is 0.247. The van der Waals surface area contributed by atoms with Gasteiger partial charge in [-0.15, -0.1) is 0 Å². The Morgan fingerprint density at radius 2 is 1.76 bits per heavy atom. The molecule has 0 aromatic heterocycles. The minimum Gasteiger partial charge on any atom is -0.352 e. The van der Waals surface area contributed by atoms with Gasteiger partial charge in [-0.2, -0.15) is 0 Å². The molecule has 2 aromatic carbocycles. The monoisotopic (exact) mass is 402 g/mol. The first-order valence-electron chi connectivity index (χ1n) is 8.27. The Hall–Kier alpha value is -2.14. The van der Waals surface area contributed by atoms with Gasteiger partial charge in [-0.25, -0.2) is 0 Å². The number of carbonyl (C=O) groups excluding carboxylic acids is 2. The predicted molar refractivity (Wildman–Crippen MR) is 104 cm³/mol. The van der Waals surface area contributed by atoms with Crippen LogP contribution in [-0.4, -0.2) is 18.4 Å². The SMILES string of the molecule is Cc1ccc(C)c(C(C)NC(=O)CCNC(=O)c2ccc(Br)cc2)c1. The molecule has 0 bridgehead atoms. The van der Waals surface area contributed by atoms with E-state index in [0.29, 0.717) is 12.1 Å². The van der Waals surface area contributed by atoms with Gasteiger partial charge < -0.3 is 10.6 Å². The van der Waals surface area contributed by atoms with Crippen LogP contribution in [0.4, 0.5) is 0 Å². The van der Waals surface area contributed by atoms with Crippen LogP contribution in [0, 0.1) is 13.8 Å². The molecule has 1 unspecified atom stereocenters. The van der Waals surface area contributed by atoms with Gasteiger partial charge in [0.2, 0.25) is 5.91 Å². The maximum atomic E-state index is 12.1. The van der Waals surface area contributed by atoms with Crippen molar-refractivity contribution in [1.82, 2.24) is 10.6 Å². The van der Waals surface area contributed by atoms with E-state index in [1.807, 2.05) is 32.9 Å².